The van der Waals surface area contributed by atoms with Crippen molar-refractivity contribution in [3.05, 3.63) is 83.2 Å². The van der Waals surface area contributed by atoms with E-state index in [1.807, 2.05) is 36.4 Å². The minimum absolute atomic E-state index is 0.0210. The Balaban J connectivity index is 1.54. The summed E-state index contributed by atoms with van der Waals surface area (Å²) in [5, 5.41) is 6.25. The summed E-state index contributed by atoms with van der Waals surface area (Å²) in [6, 6.07) is 17.8. The fraction of sp³-hybridized carbons (Fsp3) is 0.321. The molecular weight excluding hydrogens is 463 g/mol. The van der Waals surface area contributed by atoms with Gasteiger partial charge in [-0.25, -0.2) is 4.39 Å². The Labute approximate surface area is 210 Å². The molecule has 7 nitrogen and oxygen atoms in total. The molecule has 0 saturated carbocycles. The lowest BCUT2D eigenvalue weighted by atomic mass is 10.1. The molecule has 1 fully saturated rings. The van der Waals surface area contributed by atoms with Crippen molar-refractivity contribution >= 4 is 11.6 Å². The molecule has 2 N–H and O–H groups in total. The number of ether oxygens (including phenoxy) is 4. The lowest BCUT2D eigenvalue weighted by Crippen LogP contribution is -2.30. The smallest absolute Gasteiger partial charge is 0.253 e. The second kappa shape index (κ2) is 12.3. The van der Waals surface area contributed by atoms with E-state index in [9.17, 15) is 4.79 Å². The largest absolute Gasteiger partial charge is 0.493 e. The molecule has 0 atom stereocenters. The Bertz CT molecular complexity index is 1170. The predicted octanol–water partition coefficient (Wildman–Crippen LogP) is 4.94. The molecule has 1 aliphatic rings. The number of nitrogens with one attached hydrogen (secondary N) is 2. The highest BCUT2D eigenvalue weighted by Crippen LogP contribution is 2.30. The molecule has 0 spiro atoms. The average Bonchev–Trinajstić information content (AvgIpc) is 2.92. The number of rotatable bonds is 10. The molecule has 190 valence electrons. The van der Waals surface area contributed by atoms with Gasteiger partial charge in [-0.05, 0) is 42.2 Å². The van der Waals surface area contributed by atoms with Crippen LogP contribution in [0.25, 0.3) is 0 Å². The molecule has 1 heterocycles. The van der Waals surface area contributed by atoms with Crippen molar-refractivity contribution in [3.63, 3.8) is 0 Å². The standard InChI is InChI=1S/C28H31FN2O5/c1-33-25-9-8-20(14-27(25)34-2)17-30-28(32)22-15-26(36-18-19-6-4-3-5-7-19)23(29)16-24(22)31-21-10-12-35-13-11-21/h3-9,14-16,21,31H,10-13,17-18H2,1-2H3,(H,30,32). The Kier molecular flexibility index (Phi) is 8.62. The van der Waals surface area contributed by atoms with E-state index in [1.165, 1.54) is 12.1 Å². The van der Waals surface area contributed by atoms with Crippen molar-refractivity contribution in [1.29, 1.82) is 0 Å². The average molecular weight is 495 g/mol. The minimum Gasteiger partial charge on any atom is -0.493 e. The summed E-state index contributed by atoms with van der Waals surface area (Å²) in [5.74, 6) is 0.326. The number of halogens is 1. The zero-order valence-corrected chi connectivity index (χ0v) is 20.5. The number of hydrogen-bond donors (Lipinski definition) is 2. The lowest BCUT2D eigenvalue weighted by molar-refractivity contribution is 0.0903. The molecule has 0 aromatic heterocycles. The highest BCUT2D eigenvalue weighted by Gasteiger charge is 2.21. The van der Waals surface area contributed by atoms with E-state index in [0.29, 0.717) is 36.0 Å². The van der Waals surface area contributed by atoms with Crippen molar-refractivity contribution in [1.82, 2.24) is 5.32 Å². The summed E-state index contributed by atoms with van der Waals surface area (Å²) in [4.78, 5) is 13.3. The van der Waals surface area contributed by atoms with Gasteiger partial charge < -0.3 is 29.6 Å². The first-order valence-electron chi connectivity index (χ1n) is 11.9. The molecule has 8 heteroatoms. The summed E-state index contributed by atoms with van der Waals surface area (Å²) in [6.07, 6.45) is 1.56. The van der Waals surface area contributed by atoms with Crippen LogP contribution >= 0.6 is 0 Å². The monoisotopic (exact) mass is 494 g/mol. The molecule has 3 aromatic carbocycles. The first-order chi connectivity index (χ1) is 17.6. The van der Waals surface area contributed by atoms with Crippen molar-refractivity contribution in [2.24, 2.45) is 0 Å². The van der Waals surface area contributed by atoms with E-state index < -0.39 is 5.82 Å². The van der Waals surface area contributed by atoms with Gasteiger partial charge in [-0.2, -0.15) is 0 Å². The molecule has 0 bridgehead atoms. The molecule has 3 aromatic rings. The number of carbonyl (C=O) groups is 1. The fourth-order valence-electron chi connectivity index (χ4n) is 4.04. The van der Waals surface area contributed by atoms with Gasteiger partial charge in [-0.3, -0.25) is 4.79 Å². The lowest BCUT2D eigenvalue weighted by Gasteiger charge is -2.25. The van der Waals surface area contributed by atoms with Gasteiger partial charge in [0.05, 0.1) is 25.5 Å². The van der Waals surface area contributed by atoms with Crippen LogP contribution in [0.15, 0.2) is 60.7 Å². The Morgan fingerprint density at radius 2 is 1.69 bits per heavy atom. The summed E-state index contributed by atoms with van der Waals surface area (Å²) >= 11 is 0. The van der Waals surface area contributed by atoms with Crippen LogP contribution in [0.1, 0.15) is 34.3 Å². The molecule has 4 rings (SSSR count). The second-order valence-electron chi connectivity index (χ2n) is 8.51. The van der Waals surface area contributed by atoms with Crippen LogP contribution in [0.3, 0.4) is 0 Å². The molecule has 36 heavy (non-hydrogen) atoms. The van der Waals surface area contributed by atoms with Crippen LogP contribution in [0.4, 0.5) is 10.1 Å². The summed E-state index contributed by atoms with van der Waals surface area (Å²) in [5.41, 5.74) is 2.48. The molecule has 0 aliphatic carbocycles. The maximum Gasteiger partial charge on any atom is 0.253 e. The van der Waals surface area contributed by atoms with E-state index in [4.69, 9.17) is 18.9 Å². The van der Waals surface area contributed by atoms with Gasteiger partial charge in [0.2, 0.25) is 0 Å². The van der Waals surface area contributed by atoms with E-state index in [1.54, 1.807) is 26.4 Å². The number of anilines is 1. The molecule has 0 unspecified atom stereocenters. The normalized spacial score (nSPS) is 13.6. The van der Waals surface area contributed by atoms with Gasteiger partial charge in [-0.1, -0.05) is 36.4 Å². The summed E-state index contributed by atoms with van der Waals surface area (Å²) in [6.45, 7) is 1.70. The second-order valence-corrected chi connectivity index (χ2v) is 8.51. The molecule has 1 saturated heterocycles. The van der Waals surface area contributed by atoms with Gasteiger partial charge in [0.15, 0.2) is 23.1 Å². The Morgan fingerprint density at radius 1 is 0.944 bits per heavy atom. The maximum absolute atomic E-state index is 15.0. The minimum atomic E-state index is -0.531. The maximum atomic E-state index is 15.0. The van der Waals surface area contributed by atoms with Gasteiger partial charge >= 0.3 is 0 Å². The predicted molar refractivity (Wildman–Crippen MR) is 135 cm³/mol. The van der Waals surface area contributed by atoms with Crippen LogP contribution in [0, 0.1) is 5.82 Å². The third kappa shape index (κ3) is 6.46. The van der Waals surface area contributed by atoms with Gasteiger partial charge in [0, 0.05) is 31.9 Å². The Hall–Kier alpha value is -3.78. The highest BCUT2D eigenvalue weighted by molar-refractivity contribution is 6.00. The topological polar surface area (TPSA) is 78.1 Å². The summed E-state index contributed by atoms with van der Waals surface area (Å²) < 4.78 is 36.8. The molecule has 1 aliphatic heterocycles. The van der Waals surface area contributed by atoms with Crippen LogP contribution in [-0.2, 0) is 17.9 Å². The fourth-order valence-corrected chi connectivity index (χ4v) is 4.04. The first-order valence-corrected chi connectivity index (χ1v) is 11.9. The number of benzene rings is 3. The number of methoxy groups -OCH3 is 2. The van der Waals surface area contributed by atoms with E-state index >= 15 is 4.39 Å². The summed E-state index contributed by atoms with van der Waals surface area (Å²) in [7, 11) is 3.13. The van der Waals surface area contributed by atoms with Crippen LogP contribution < -0.4 is 24.8 Å². The number of carbonyl (C=O) groups excluding carboxylic acids is 1. The zero-order chi connectivity index (χ0) is 25.3. The number of amides is 1. The number of hydrogen-bond acceptors (Lipinski definition) is 6. The molecule has 0 radical (unpaired) electrons. The van der Waals surface area contributed by atoms with E-state index in [2.05, 4.69) is 10.6 Å². The van der Waals surface area contributed by atoms with Crippen LogP contribution in [0.5, 0.6) is 17.2 Å². The Morgan fingerprint density at radius 3 is 2.42 bits per heavy atom. The molecular formula is C28H31FN2O5. The molecule has 1 amide bonds. The third-order valence-corrected chi connectivity index (χ3v) is 6.04. The van der Waals surface area contributed by atoms with Gasteiger partial charge in [0.1, 0.15) is 6.61 Å². The first kappa shape index (κ1) is 25.3. The zero-order valence-electron chi connectivity index (χ0n) is 20.5. The van der Waals surface area contributed by atoms with Crippen molar-refractivity contribution in [2.75, 3.05) is 32.8 Å². The van der Waals surface area contributed by atoms with E-state index in [0.717, 1.165) is 24.0 Å². The third-order valence-electron chi connectivity index (χ3n) is 6.04. The quantitative estimate of drug-likeness (QED) is 0.416. The highest BCUT2D eigenvalue weighted by atomic mass is 19.1. The van der Waals surface area contributed by atoms with Crippen molar-refractivity contribution in [3.8, 4) is 17.2 Å². The van der Waals surface area contributed by atoms with Crippen LogP contribution in [-0.4, -0.2) is 39.4 Å². The SMILES string of the molecule is COc1ccc(CNC(=O)c2cc(OCc3ccccc3)c(F)cc2NC2CCOCC2)cc1OC. The van der Waals surface area contributed by atoms with Gasteiger partial charge in [-0.15, -0.1) is 0 Å². The van der Waals surface area contributed by atoms with E-state index in [-0.39, 0.29) is 30.9 Å². The van der Waals surface area contributed by atoms with Crippen molar-refractivity contribution in [2.45, 2.75) is 32.0 Å². The van der Waals surface area contributed by atoms with Crippen molar-refractivity contribution < 1.29 is 28.1 Å². The van der Waals surface area contributed by atoms with Crippen LogP contribution in [0.2, 0.25) is 0 Å². The van der Waals surface area contributed by atoms with Gasteiger partial charge in [0.25, 0.3) is 5.91 Å².